The molecule has 2 heterocycles. The molecule has 0 aromatic carbocycles. The first-order chi connectivity index (χ1) is 6.61. The summed E-state index contributed by atoms with van der Waals surface area (Å²) in [5, 5.41) is 4.33. The Balaban J connectivity index is 2.80. The van der Waals surface area contributed by atoms with Gasteiger partial charge in [0.2, 0.25) is 5.95 Å². The molecule has 0 unspecified atom stereocenters. The van der Waals surface area contributed by atoms with Crippen molar-refractivity contribution in [3.05, 3.63) is 16.5 Å². The predicted octanol–water partition coefficient (Wildman–Crippen LogP) is 1.59. The first kappa shape index (κ1) is 9.39. The molecule has 2 aromatic heterocycles. The third kappa shape index (κ3) is 1.26. The molecule has 0 aliphatic heterocycles. The molecule has 14 heavy (non-hydrogen) atoms. The first-order valence-electron chi connectivity index (χ1n) is 4.26. The fourth-order valence-electron chi connectivity index (χ4n) is 1.24. The smallest absolute Gasteiger partial charge is 0.224 e. The van der Waals surface area contributed by atoms with Gasteiger partial charge in [0.05, 0.1) is 10.2 Å². The molecule has 2 N–H and O–H groups in total. The molecule has 0 saturated carbocycles. The summed E-state index contributed by atoms with van der Waals surface area (Å²) in [5.74, 6) is 0.674. The van der Waals surface area contributed by atoms with Crippen molar-refractivity contribution in [2.75, 3.05) is 5.73 Å². The zero-order valence-corrected chi connectivity index (χ0v) is 9.48. The fraction of sp³-hybridized carbons (Fsp3) is 0.375. The van der Waals surface area contributed by atoms with E-state index in [9.17, 15) is 0 Å². The van der Waals surface area contributed by atoms with Crippen molar-refractivity contribution < 1.29 is 0 Å². The van der Waals surface area contributed by atoms with Gasteiger partial charge in [0.15, 0.2) is 5.65 Å². The summed E-state index contributed by atoms with van der Waals surface area (Å²) < 4.78 is 2.43. The van der Waals surface area contributed by atoms with E-state index in [1.807, 2.05) is 0 Å². The van der Waals surface area contributed by atoms with Crippen LogP contribution in [0.1, 0.15) is 25.5 Å². The van der Waals surface area contributed by atoms with E-state index in [0.29, 0.717) is 17.5 Å². The zero-order chi connectivity index (χ0) is 10.3. The van der Waals surface area contributed by atoms with Gasteiger partial charge in [-0.05, 0) is 21.8 Å². The standard InChI is InChI=1S/C8H10BrN5/c1-4(2)6-5(9)7-11-3-12-8(10)14(7)13-6/h3-4H,1-2H3,(H2,10,11,12). The van der Waals surface area contributed by atoms with E-state index in [0.717, 1.165) is 10.2 Å². The Kier molecular flexibility index (Phi) is 2.14. The van der Waals surface area contributed by atoms with Crippen LogP contribution in [0, 0.1) is 0 Å². The number of nitrogens with zero attached hydrogens (tertiary/aromatic N) is 4. The van der Waals surface area contributed by atoms with Gasteiger partial charge in [0.1, 0.15) is 6.33 Å². The van der Waals surface area contributed by atoms with E-state index >= 15 is 0 Å². The number of hydrogen-bond donors (Lipinski definition) is 1. The first-order valence-corrected chi connectivity index (χ1v) is 5.05. The Morgan fingerprint density at radius 3 is 2.71 bits per heavy atom. The Hall–Kier alpha value is -1.17. The highest BCUT2D eigenvalue weighted by Crippen LogP contribution is 2.27. The molecular weight excluding hydrogens is 246 g/mol. The summed E-state index contributed by atoms with van der Waals surface area (Å²) in [6, 6.07) is 0. The van der Waals surface area contributed by atoms with Crippen LogP contribution in [0.25, 0.3) is 5.65 Å². The van der Waals surface area contributed by atoms with E-state index in [2.05, 4.69) is 44.8 Å². The van der Waals surface area contributed by atoms with Crippen molar-refractivity contribution in [1.29, 1.82) is 0 Å². The number of hydrogen-bond acceptors (Lipinski definition) is 4. The highest BCUT2D eigenvalue weighted by molar-refractivity contribution is 9.10. The topological polar surface area (TPSA) is 69.1 Å². The molecule has 2 aromatic rings. The molecule has 0 aliphatic carbocycles. The van der Waals surface area contributed by atoms with Gasteiger partial charge in [0.25, 0.3) is 0 Å². The normalized spacial score (nSPS) is 11.4. The molecule has 2 rings (SSSR count). The summed E-state index contributed by atoms with van der Waals surface area (Å²) in [5.41, 5.74) is 7.32. The van der Waals surface area contributed by atoms with Crippen molar-refractivity contribution in [3.8, 4) is 0 Å². The number of anilines is 1. The largest absolute Gasteiger partial charge is 0.368 e. The molecular formula is C8H10BrN5. The molecule has 5 nitrogen and oxygen atoms in total. The minimum absolute atomic E-state index is 0.325. The van der Waals surface area contributed by atoms with E-state index in [1.165, 1.54) is 6.33 Å². The molecule has 74 valence electrons. The number of nitrogens with two attached hydrogens (primary N) is 1. The monoisotopic (exact) mass is 255 g/mol. The summed E-state index contributed by atoms with van der Waals surface area (Å²) in [4.78, 5) is 7.97. The van der Waals surface area contributed by atoms with Crippen LogP contribution in [0.15, 0.2) is 10.8 Å². The zero-order valence-electron chi connectivity index (χ0n) is 7.90. The fourth-order valence-corrected chi connectivity index (χ4v) is 2.05. The lowest BCUT2D eigenvalue weighted by Crippen LogP contribution is -2.02. The van der Waals surface area contributed by atoms with Crippen LogP contribution in [-0.2, 0) is 0 Å². The second-order valence-corrected chi connectivity index (χ2v) is 4.11. The van der Waals surface area contributed by atoms with Crippen LogP contribution < -0.4 is 5.73 Å². The summed E-state index contributed by atoms with van der Waals surface area (Å²) in [7, 11) is 0. The maximum atomic E-state index is 5.67. The van der Waals surface area contributed by atoms with Crippen LogP contribution in [0.2, 0.25) is 0 Å². The Morgan fingerprint density at radius 1 is 1.43 bits per heavy atom. The third-order valence-corrected chi connectivity index (χ3v) is 2.72. The molecule has 0 saturated heterocycles. The minimum atomic E-state index is 0.325. The van der Waals surface area contributed by atoms with Gasteiger partial charge in [-0.15, -0.1) is 0 Å². The third-order valence-electron chi connectivity index (χ3n) is 1.96. The lowest BCUT2D eigenvalue weighted by molar-refractivity contribution is 0.781. The number of nitrogen functional groups attached to an aromatic ring is 1. The molecule has 0 radical (unpaired) electrons. The predicted molar refractivity (Wildman–Crippen MR) is 57.0 cm³/mol. The second-order valence-electron chi connectivity index (χ2n) is 3.32. The minimum Gasteiger partial charge on any atom is -0.368 e. The maximum Gasteiger partial charge on any atom is 0.224 e. The SMILES string of the molecule is CC(C)c1nn2c(N)ncnc2c1Br. The van der Waals surface area contributed by atoms with Crippen molar-refractivity contribution >= 4 is 27.5 Å². The van der Waals surface area contributed by atoms with Gasteiger partial charge < -0.3 is 5.73 Å². The highest BCUT2D eigenvalue weighted by atomic mass is 79.9. The Labute approximate surface area is 89.5 Å². The number of rotatable bonds is 1. The molecule has 0 bridgehead atoms. The second kappa shape index (κ2) is 3.20. The van der Waals surface area contributed by atoms with E-state index in [4.69, 9.17) is 5.73 Å². The van der Waals surface area contributed by atoms with Crippen LogP contribution >= 0.6 is 15.9 Å². The quantitative estimate of drug-likeness (QED) is 0.841. The molecule has 0 spiro atoms. The van der Waals surface area contributed by atoms with Gasteiger partial charge in [0, 0.05) is 0 Å². The summed E-state index contributed by atoms with van der Waals surface area (Å²) >= 11 is 3.46. The molecule has 0 aliphatic rings. The van der Waals surface area contributed by atoms with Gasteiger partial charge in [-0.25, -0.2) is 9.97 Å². The van der Waals surface area contributed by atoms with Crippen LogP contribution in [0.3, 0.4) is 0 Å². The highest BCUT2D eigenvalue weighted by Gasteiger charge is 2.15. The number of fused-ring (bicyclic) bond motifs is 1. The average Bonchev–Trinajstić information content (AvgIpc) is 2.46. The van der Waals surface area contributed by atoms with Gasteiger partial charge in [-0.1, -0.05) is 13.8 Å². The number of aromatic nitrogens is 4. The molecule has 0 atom stereocenters. The maximum absolute atomic E-state index is 5.67. The lowest BCUT2D eigenvalue weighted by atomic mass is 10.1. The van der Waals surface area contributed by atoms with Crippen LogP contribution in [0.4, 0.5) is 5.95 Å². The average molecular weight is 256 g/mol. The van der Waals surface area contributed by atoms with Gasteiger partial charge in [-0.3, -0.25) is 0 Å². The van der Waals surface area contributed by atoms with E-state index in [1.54, 1.807) is 4.52 Å². The lowest BCUT2D eigenvalue weighted by Gasteiger charge is -1.97. The summed E-state index contributed by atoms with van der Waals surface area (Å²) in [6.07, 6.45) is 1.43. The Bertz CT molecular complexity index is 476. The van der Waals surface area contributed by atoms with E-state index < -0.39 is 0 Å². The molecule has 6 heteroatoms. The van der Waals surface area contributed by atoms with Gasteiger partial charge >= 0.3 is 0 Å². The number of halogens is 1. The van der Waals surface area contributed by atoms with Gasteiger partial charge in [-0.2, -0.15) is 9.61 Å². The van der Waals surface area contributed by atoms with Crippen molar-refractivity contribution in [2.45, 2.75) is 19.8 Å². The van der Waals surface area contributed by atoms with Crippen molar-refractivity contribution in [3.63, 3.8) is 0 Å². The van der Waals surface area contributed by atoms with Crippen LogP contribution in [-0.4, -0.2) is 19.6 Å². The van der Waals surface area contributed by atoms with E-state index in [-0.39, 0.29) is 0 Å². The molecule has 0 fully saturated rings. The van der Waals surface area contributed by atoms with Crippen molar-refractivity contribution in [1.82, 2.24) is 19.6 Å². The van der Waals surface area contributed by atoms with Crippen LogP contribution in [0.5, 0.6) is 0 Å². The Morgan fingerprint density at radius 2 is 2.14 bits per heavy atom. The molecule has 0 amide bonds. The van der Waals surface area contributed by atoms with Crippen molar-refractivity contribution in [2.24, 2.45) is 0 Å². The summed E-state index contributed by atoms with van der Waals surface area (Å²) in [6.45, 7) is 4.13.